The second-order valence-corrected chi connectivity index (χ2v) is 10.1. The number of aromatic nitrogens is 2. The van der Waals surface area contributed by atoms with Crippen molar-refractivity contribution in [3.05, 3.63) is 68.7 Å². The molecule has 0 unspecified atom stereocenters. The summed E-state index contributed by atoms with van der Waals surface area (Å²) in [6, 6.07) is 12.3. The van der Waals surface area contributed by atoms with Crippen molar-refractivity contribution in [2.45, 2.75) is 44.9 Å². The Morgan fingerprint density at radius 3 is 2.70 bits per heavy atom. The van der Waals surface area contributed by atoms with Gasteiger partial charge >= 0.3 is 0 Å². The van der Waals surface area contributed by atoms with E-state index in [1.54, 1.807) is 13.0 Å². The van der Waals surface area contributed by atoms with E-state index in [0.717, 1.165) is 49.5 Å². The molecular weight excluding hydrogens is 436 g/mol. The van der Waals surface area contributed by atoms with Crippen LogP contribution >= 0.6 is 11.6 Å². The quantitative estimate of drug-likeness (QED) is 0.633. The maximum absolute atomic E-state index is 12.8. The largest absolute Gasteiger partial charge is 0.355 e. The second kappa shape index (κ2) is 8.26. The molecule has 3 aromatic rings. The van der Waals surface area contributed by atoms with E-state index in [1.165, 1.54) is 11.1 Å². The lowest BCUT2D eigenvalue weighted by atomic mass is 9.83. The molecule has 1 amide bonds. The zero-order chi connectivity index (χ0) is 23.3. The number of benzene rings is 2. The molecule has 2 aliphatic rings. The number of carbonyl (C=O) groups excluding carboxylic acids is 1. The van der Waals surface area contributed by atoms with Crippen molar-refractivity contribution < 1.29 is 4.79 Å². The van der Waals surface area contributed by atoms with Gasteiger partial charge < -0.3 is 10.2 Å². The van der Waals surface area contributed by atoms with Crippen molar-refractivity contribution in [1.82, 2.24) is 19.8 Å². The molecule has 5 rings (SSSR count). The molecule has 0 radical (unpaired) electrons. The van der Waals surface area contributed by atoms with Gasteiger partial charge in [-0.2, -0.15) is 4.98 Å². The minimum atomic E-state index is -0.364. The molecule has 3 heterocycles. The zero-order valence-corrected chi connectivity index (χ0v) is 20.1. The van der Waals surface area contributed by atoms with Crippen LogP contribution in [0.5, 0.6) is 0 Å². The molecule has 172 valence electrons. The normalized spacial score (nSPS) is 17.7. The molecule has 1 N–H and O–H groups in total. The molecule has 1 fully saturated rings. The van der Waals surface area contributed by atoms with Crippen LogP contribution in [0.2, 0.25) is 5.02 Å². The molecule has 1 aromatic heterocycles. The molecular formula is C26H29ClN4O2. The Kier molecular flexibility index (Phi) is 5.53. The summed E-state index contributed by atoms with van der Waals surface area (Å²) in [6.45, 7) is 9.45. The number of halogens is 1. The van der Waals surface area contributed by atoms with Gasteiger partial charge in [0.25, 0.3) is 5.56 Å². The van der Waals surface area contributed by atoms with Gasteiger partial charge in [0.05, 0.1) is 27.0 Å². The Bertz CT molecular complexity index is 1310. The SMILES string of the molecule is CC(=O)NCCN1CCC(c2ccc3c(c2)-n2c(nc(=O)c4c(Cl)cccc42)C3(C)C)CC1. The van der Waals surface area contributed by atoms with Gasteiger partial charge in [-0.05, 0) is 75.0 Å². The summed E-state index contributed by atoms with van der Waals surface area (Å²) in [5.41, 5.74) is 3.78. The number of rotatable bonds is 4. The molecule has 6 nitrogen and oxygen atoms in total. The molecule has 0 spiro atoms. The average molecular weight is 465 g/mol. The first-order valence-electron chi connectivity index (χ1n) is 11.6. The van der Waals surface area contributed by atoms with Crippen LogP contribution in [0.3, 0.4) is 0 Å². The van der Waals surface area contributed by atoms with E-state index in [1.807, 2.05) is 12.1 Å². The monoisotopic (exact) mass is 464 g/mol. The summed E-state index contributed by atoms with van der Waals surface area (Å²) < 4.78 is 2.13. The summed E-state index contributed by atoms with van der Waals surface area (Å²) in [4.78, 5) is 30.8. The Balaban J connectivity index is 1.48. The van der Waals surface area contributed by atoms with Gasteiger partial charge in [0.2, 0.25) is 5.91 Å². The molecule has 0 atom stereocenters. The fourth-order valence-corrected chi connectivity index (χ4v) is 5.66. The van der Waals surface area contributed by atoms with Gasteiger partial charge in [0.15, 0.2) is 0 Å². The first kappa shape index (κ1) is 22.1. The number of nitrogens with one attached hydrogen (secondary N) is 1. The van der Waals surface area contributed by atoms with E-state index in [9.17, 15) is 9.59 Å². The maximum Gasteiger partial charge on any atom is 0.282 e. The van der Waals surface area contributed by atoms with E-state index < -0.39 is 0 Å². The van der Waals surface area contributed by atoms with Crippen LogP contribution in [0, 0.1) is 0 Å². The lowest BCUT2D eigenvalue weighted by Crippen LogP contribution is -2.38. The number of hydrogen-bond acceptors (Lipinski definition) is 4. The Labute approximate surface area is 198 Å². The van der Waals surface area contributed by atoms with Crippen molar-refractivity contribution in [1.29, 1.82) is 0 Å². The number of fused-ring (bicyclic) bond motifs is 5. The predicted molar refractivity (Wildman–Crippen MR) is 132 cm³/mol. The van der Waals surface area contributed by atoms with Crippen LogP contribution in [0.25, 0.3) is 16.6 Å². The molecule has 2 aliphatic heterocycles. The minimum Gasteiger partial charge on any atom is -0.355 e. The van der Waals surface area contributed by atoms with Crippen molar-refractivity contribution >= 4 is 28.4 Å². The number of piperidine rings is 1. The third kappa shape index (κ3) is 3.75. The second-order valence-electron chi connectivity index (χ2n) is 9.71. The summed E-state index contributed by atoms with van der Waals surface area (Å²) in [6.07, 6.45) is 2.17. The highest BCUT2D eigenvalue weighted by atomic mass is 35.5. The summed E-state index contributed by atoms with van der Waals surface area (Å²) in [5.74, 6) is 1.28. The fraction of sp³-hybridized carbons (Fsp3) is 0.423. The van der Waals surface area contributed by atoms with Crippen molar-refractivity contribution in [2.75, 3.05) is 26.2 Å². The van der Waals surface area contributed by atoms with Crippen molar-refractivity contribution in [3.63, 3.8) is 0 Å². The van der Waals surface area contributed by atoms with Crippen LogP contribution in [-0.2, 0) is 10.2 Å². The van der Waals surface area contributed by atoms with E-state index in [2.05, 4.69) is 51.8 Å². The first-order valence-corrected chi connectivity index (χ1v) is 12.0. The van der Waals surface area contributed by atoms with Gasteiger partial charge in [-0.3, -0.25) is 14.2 Å². The molecule has 0 saturated carbocycles. The van der Waals surface area contributed by atoms with Gasteiger partial charge in [-0.1, -0.05) is 29.8 Å². The summed E-state index contributed by atoms with van der Waals surface area (Å²) >= 11 is 6.40. The predicted octanol–water partition coefficient (Wildman–Crippen LogP) is 3.99. The number of carbonyl (C=O) groups is 1. The minimum absolute atomic E-state index is 0.0242. The van der Waals surface area contributed by atoms with E-state index in [4.69, 9.17) is 11.6 Å². The van der Waals surface area contributed by atoms with Crippen LogP contribution in [-0.4, -0.2) is 46.5 Å². The maximum atomic E-state index is 12.8. The van der Waals surface area contributed by atoms with Gasteiger partial charge in [0, 0.05) is 20.0 Å². The molecule has 0 bridgehead atoms. The van der Waals surface area contributed by atoms with Crippen LogP contribution in [0.15, 0.2) is 41.2 Å². The topological polar surface area (TPSA) is 67.2 Å². The standard InChI is InChI=1S/C26H29ClN4O2/c1-16(32)28-11-14-30-12-9-17(10-13-30)18-7-8-19-22(15-18)31-21-6-4-5-20(27)23(21)24(33)29-25(31)26(19,2)3/h4-8,15,17H,9-14H2,1-3H3,(H,28,32). The van der Waals surface area contributed by atoms with Crippen molar-refractivity contribution in [3.8, 4) is 5.69 Å². The van der Waals surface area contributed by atoms with E-state index in [-0.39, 0.29) is 16.9 Å². The molecule has 33 heavy (non-hydrogen) atoms. The fourth-order valence-electron chi connectivity index (χ4n) is 5.41. The van der Waals surface area contributed by atoms with E-state index >= 15 is 0 Å². The number of hydrogen-bond donors (Lipinski definition) is 1. The van der Waals surface area contributed by atoms with Gasteiger partial charge in [-0.15, -0.1) is 0 Å². The summed E-state index contributed by atoms with van der Waals surface area (Å²) in [5, 5.41) is 3.80. The number of likely N-dealkylation sites (tertiary alicyclic amines) is 1. The van der Waals surface area contributed by atoms with Crippen LogP contribution in [0.1, 0.15) is 56.5 Å². The third-order valence-corrected chi connectivity index (χ3v) is 7.54. The van der Waals surface area contributed by atoms with Crippen LogP contribution < -0.4 is 10.9 Å². The Hall–Kier alpha value is -2.70. The number of nitrogens with zero attached hydrogens (tertiary/aromatic N) is 3. The van der Waals surface area contributed by atoms with E-state index in [0.29, 0.717) is 22.9 Å². The summed E-state index contributed by atoms with van der Waals surface area (Å²) in [7, 11) is 0. The average Bonchev–Trinajstić information content (AvgIpc) is 3.00. The lowest BCUT2D eigenvalue weighted by molar-refractivity contribution is -0.119. The molecule has 0 aliphatic carbocycles. The Morgan fingerprint density at radius 1 is 1.21 bits per heavy atom. The number of amides is 1. The lowest BCUT2D eigenvalue weighted by Gasteiger charge is -2.32. The molecule has 2 aromatic carbocycles. The first-order chi connectivity index (χ1) is 15.8. The smallest absolute Gasteiger partial charge is 0.282 e. The molecule has 7 heteroatoms. The third-order valence-electron chi connectivity index (χ3n) is 7.22. The van der Waals surface area contributed by atoms with Gasteiger partial charge in [0.1, 0.15) is 5.82 Å². The highest BCUT2D eigenvalue weighted by Gasteiger charge is 2.39. The highest BCUT2D eigenvalue weighted by molar-refractivity contribution is 6.35. The molecule has 1 saturated heterocycles. The highest BCUT2D eigenvalue weighted by Crippen LogP contribution is 2.44. The van der Waals surface area contributed by atoms with Crippen LogP contribution in [0.4, 0.5) is 0 Å². The Morgan fingerprint density at radius 2 is 1.97 bits per heavy atom. The van der Waals surface area contributed by atoms with Crippen molar-refractivity contribution in [2.24, 2.45) is 0 Å². The van der Waals surface area contributed by atoms with Gasteiger partial charge in [-0.25, -0.2) is 0 Å². The zero-order valence-electron chi connectivity index (χ0n) is 19.3.